The van der Waals surface area contributed by atoms with E-state index in [1.807, 2.05) is 24.5 Å². The van der Waals surface area contributed by atoms with Crippen LogP contribution in [0.2, 0.25) is 0 Å². The van der Waals surface area contributed by atoms with Crippen molar-refractivity contribution in [2.45, 2.75) is 31.6 Å². The maximum atomic E-state index is 5.62. The van der Waals surface area contributed by atoms with Crippen LogP contribution >= 0.6 is 11.8 Å². The summed E-state index contributed by atoms with van der Waals surface area (Å²) in [6.45, 7) is 3.37. The number of hydrogen-bond donors (Lipinski definition) is 1. The van der Waals surface area contributed by atoms with Gasteiger partial charge in [-0.1, -0.05) is 11.8 Å². The number of aryl methyl sites for hydroxylation is 1. The molecule has 0 aliphatic heterocycles. The normalized spacial score (nSPS) is 10.8. The number of rotatable bonds is 6. The summed E-state index contributed by atoms with van der Waals surface area (Å²) in [7, 11) is 0. The predicted octanol–water partition coefficient (Wildman–Crippen LogP) is 1.49. The average Bonchev–Trinajstić information content (AvgIpc) is 2.82. The Hall–Kier alpha value is -1.40. The van der Waals surface area contributed by atoms with Gasteiger partial charge in [-0.3, -0.25) is 4.98 Å². The van der Waals surface area contributed by atoms with Crippen molar-refractivity contribution in [1.29, 1.82) is 0 Å². The highest BCUT2D eigenvalue weighted by atomic mass is 32.2. The van der Waals surface area contributed by atoms with Crippen LogP contribution in [0.3, 0.4) is 0 Å². The molecule has 0 saturated carbocycles. The smallest absolute Gasteiger partial charge is 0.191 e. The lowest BCUT2D eigenvalue weighted by Crippen LogP contribution is -2.08. The van der Waals surface area contributed by atoms with Gasteiger partial charge in [-0.25, -0.2) is 0 Å². The van der Waals surface area contributed by atoms with Gasteiger partial charge in [-0.05, 0) is 31.0 Å². The van der Waals surface area contributed by atoms with E-state index in [9.17, 15) is 0 Å². The van der Waals surface area contributed by atoms with Gasteiger partial charge in [0, 0.05) is 24.7 Å². The minimum Gasteiger partial charge on any atom is -0.324 e. The Labute approximate surface area is 111 Å². The van der Waals surface area contributed by atoms with Gasteiger partial charge in [0.25, 0.3) is 0 Å². The van der Waals surface area contributed by atoms with Gasteiger partial charge in [0.15, 0.2) is 5.16 Å². The quantitative estimate of drug-likeness (QED) is 0.800. The first kappa shape index (κ1) is 13.0. The topological polar surface area (TPSA) is 69.6 Å². The summed E-state index contributed by atoms with van der Waals surface area (Å²) < 4.78 is 2.07. The van der Waals surface area contributed by atoms with Crippen molar-refractivity contribution in [3.05, 3.63) is 35.9 Å². The van der Waals surface area contributed by atoms with E-state index in [4.69, 9.17) is 5.73 Å². The van der Waals surface area contributed by atoms with Crippen LogP contribution < -0.4 is 5.73 Å². The maximum Gasteiger partial charge on any atom is 0.191 e. The van der Waals surface area contributed by atoms with Gasteiger partial charge in [0.05, 0.1) is 6.54 Å². The lowest BCUT2D eigenvalue weighted by atomic mass is 10.2. The predicted molar refractivity (Wildman–Crippen MR) is 72.3 cm³/mol. The van der Waals surface area contributed by atoms with Gasteiger partial charge in [0.2, 0.25) is 0 Å². The molecule has 18 heavy (non-hydrogen) atoms. The second kappa shape index (κ2) is 6.51. The number of aromatic nitrogens is 4. The van der Waals surface area contributed by atoms with Gasteiger partial charge in [-0.2, -0.15) is 0 Å². The van der Waals surface area contributed by atoms with Crippen LogP contribution in [0.25, 0.3) is 0 Å². The van der Waals surface area contributed by atoms with E-state index < -0.39 is 0 Å². The molecule has 0 amide bonds. The van der Waals surface area contributed by atoms with Gasteiger partial charge in [-0.15, -0.1) is 10.2 Å². The average molecular weight is 263 g/mol. The zero-order chi connectivity index (χ0) is 12.8. The van der Waals surface area contributed by atoms with Crippen molar-refractivity contribution in [2.75, 3.05) is 5.75 Å². The molecule has 0 fully saturated rings. The molecule has 0 spiro atoms. The van der Waals surface area contributed by atoms with Gasteiger partial charge < -0.3 is 10.3 Å². The lowest BCUT2D eigenvalue weighted by Gasteiger charge is -2.05. The molecule has 0 aromatic carbocycles. The van der Waals surface area contributed by atoms with Crippen molar-refractivity contribution in [3.63, 3.8) is 0 Å². The summed E-state index contributed by atoms with van der Waals surface area (Å²) in [5.74, 6) is 1.83. The van der Waals surface area contributed by atoms with Crippen molar-refractivity contribution in [3.8, 4) is 0 Å². The molecular weight excluding hydrogens is 246 g/mol. The van der Waals surface area contributed by atoms with Gasteiger partial charge in [0.1, 0.15) is 5.82 Å². The zero-order valence-electron chi connectivity index (χ0n) is 10.4. The Bertz CT molecular complexity index is 482. The Morgan fingerprint density at radius 1 is 1.28 bits per heavy atom. The fourth-order valence-corrected chi connectivity index (χ4v) is 2.71. The fraction of sp³-hybridized carbons (Fsp3) is 0.417. The molecule has 2 aromatic heterocycles. The second-order valence-corrected chi connectivity index (χ2v) is 4.86. The standard InChI is InChI=1S/C12H17N5S/c1-2-17-11(9-13)15-16-12(17)18-8-5-10-3-6-14-7-4-10/h3-4,6-7H,2,5,8-9,13H2,1H3. The van der Waals surface area contributed by atoms with E-state index in [-0.39, 0.29) is 0 Å². The summed E-state index contributed by atoms with van der Waals surface area (Å²) in [4.78, 5) is 4.01. The van der Waals surface area contributed by atoms with E-state index in [1.54, 1.807) is 11.8 Å². The highest BCUT2D eigenvalue weighted by Crippen LogP contribution is 2.18. The van der Waals surface area contributed by atoms with Gasteiger partial charge >= 0.3 is 0 Å². The van der Waals surface area contributed by atoms with E-state index in [2.05, 4.69) is 26.7 Å². The van der Waals surface area contributed by atoms with Crippen LogP contribution in [0.4, 0.5) is 0 Å². The van der Waals surface area contributed by atoms with Crippen LogP contribution in [-0.4, -0.2) is 25.5 Å². The molecule has 0 atom stereocenters. The molecular formula is C12H17N5S. The third-order valence-electron chi connectivity index (χ3n) is 2.66. The number of hydrogen-bond acceptors (Lipinski definition) is 5. The zero-order valence-corrected chi connectivity index (χ0v) is 11.2. The molecule has 2 heterocycles. The molecule has 0 aliphatic carbocycles. The molecule has 0 radical (unpaired) electrons. The molecule has 0 aliphatic rings. The number of nitrogens with zero attached hydrogens (tertiary/aromatic N) is 4. The summed E-state index contributed by atoms with van der Waals surface area (Å²) in [6, 6.07) is 4.08. The summed E-state index contributed by atoms with van der Waals surface area (Å²) in [6.07, 6.45) is 4.64. The third-order valence-corrected chi connectivity index (χ3v) is 3.63. The lowest BCUT2D eigenvalue weighted by molar-refractivity contribution is 0.643. The third kappa shape index (κ3) is 3.08. The highest BCUT2D eigenvalue weighted by Gasteiger charge is 2.09. The Balaban J connectivity index is 1.92. The Kier molecular flexibility index (Phi) is 4.72. The monoisotopic (exact) mass is 263 g/mol. The molecule has 2 aromatic rings. The second-order valence-electron chi connectivity index (χ2n) is 3.80. The molecule has 2 rings (SSSR count). The summed E-state index contributed by atoms with van der Waals surface area (Å²) >= 11 is 1.72. The van der Waals surface area contributed by atoms with Crippen LogP contribution in [-0.2, 0) is 19.5 Å². The first-order chi connectivity index (χ1) is 8.85. The van der Waals surface area contributed by atoms with Crippen LogP contribution in [0.1, 0.15) is 18.3 Å². The van der Waals surface area contributed by atoms with Crippen molar-refractivity contribution in [1.82, 2.24) is 19.7 Å². The van der Waals surface area contributed by atoms with Crippen molar-refractivity contribution in [2.24, 2.45) is 5.73 Å². The molecule has 0 saturated heterocycles. The van der Waals surface area contributed by atoms with Crippen molar-refractivity contribution >= 4 is 11.8 Å². The van der Waals surface area contributed by atoms with E-state index in [0.717, 1.165) is 29.7 Å². The molecule has 0 unspecified atom stereocenters. The van der Waals surface area contributed by atoms with E-state index in [1.165, 1.54) is 5.56 Å². The summed E-state index contributed by atoms with van der Waals surface area (Å²) in [5, 5.41) is 9.21. The fourth-order valence-electron chi connectivity index (χ4n) is 1.70. The van der Waals surface area contributed by atoms with E-state index in [0.29, 0.717) is 6.54 Å². The SMILES string of the molecule is CCn1c(CN)nnc1SCCc1ccncc1. The Morgan fingerprint density at radius 3 is 2.72 bits per heavy atom. The molecule has 2 N–H and O–H groups in total. The molecule has 96 valence electrons. The highest BCUT2D eigenvalue weighted by molar-refractivity contribution is 7.99. The Morgan fingerprint density at radius 2 is 2.06 bits per heavy atom. The minimum atomic E-state index is 0.436. The van der Waals surface area contributed by atoms with Crippen LogP contribution in [0.15, 0.2) is 29.7 Å². The van der Waals surface area contributed by atoms with Crippen LogP contribution in [0.5, 0.6) is 0 Å². The van der Waals surface area contributed by atoms with Crippen molar-refractivity contribution < 1.29 is 0 Å². The number of pyridine rings is 1. The molecule has 0 bridgehead atoms. The largest absolute Gasteiger partial charge is 0.324 e. The molecule has 6 heteroatoms. The van der Waals surface area contributed by atoms with E-state index >= 15 is 0 Å². The minimum absolute atomic E-state index is 0.436. The number of nitrogens with two attached hydrogens (primary N) is 1. The first-order valence-corrected chi connectivity index (χ1v) is 6.97. The summed E-state index contributed by atoms with van der Waals surface area (Å²) in [5.41, 5.74) is 6.91. The molecule has 5 nitrogen and oxygen atoms in total. The first-order valence-electron chi connectivity index (χ1n) is 5.99. The van der Waals surface area contributed by atoms with Crippen LogP contribution in [0, 0.1) is 0 Å². The maximum absolute atomic E-state index is 5.62. The number of thioether (sulfide) groups is 1.